The second kappa shape index (κ2) is 9.88. The average molecular weight is 480 g/mol. The molecule has 6 nitrogen and oxygen atoms in total. The van der Waals surface area contributed by atoms with Crippen molar-refractivity contribution in [1.29, 1.82) is 0 Å². The molecule has 7 heteroatoms. The molecule has 0 amide bonds. The van der Waals surface area contributed by atoms with E-state index in [0.29, 0.717) is 11.6 Å². The van der Waals surface area contributed by atoms with Crippen molar-refractivity contribution >= 4 is 11.2 Å². The number of aromatic nitrogens is 2. The normalized spacial score (nSPS) is 19.7. The lowest BCUT2D eigenvalue weighted by Crippen LogP contribution is -2.46. The minimum Gasteiger partial charge on any atom is -0.373 e. The zero-order valence-electron chi connectivity index (χ0n) is 21.5. The molecule has 0 N–H and O–H groups in total. The van der Waals surface area contributed by atoms with Crippen molar-refractivity contribution in [3.05, 3.63) is 54.1 Å². The Hall–Kier alpha value is -2.48. The lowest BCUT2D eigenvalue weighted by atomic mass is 9.83. The summed E-state index contributed by atoms with van der Waals surface area (Å²) in [7, 11) is 1.75. The fraction of sp³-hybridized carbons (Fsp3) is 0.536. The molecule has 5 rings (SSSR count). The van der Waals surface area contributed by atoms with Crippen molar-refractivity contribution in [1.82, 2.24) is 19.4 Å². The number of hydrogen-bond acceptors (Lipinski definition) is 5. The smallest absolute Gasteiger partial charge is 0.131 e. The quantitative estimate of drug-likeness (QED) is 0.515. The predicted octanol–water partition coefficient (Wildman–Crippen LogP) is 4.63. The van der Waals surface area contributed by atoms with E-state index in [-0.39, 0.29) is 5.82 Å². The number of piperidine rings is 1. The standard InChI is InChI=1S/C28H38FN5O/c1-5-31-14-16-33(17-15-31)26-8-11-30-34-20-22(18-27(26)34)24-7-6-23(19-25(24)29)28(35-4)9-12-32(13-10-28)21(2)3/h6-8,11,18-21H,5,9-10,12-17H2,1-4H3. The second-order valence-corrected chi connectivity index (χ2v) is 10.2. The summed E-state index contributed by atoms with van der Waals surface area (Å²) >= 11 is 0. The number of benzene rings is 1. The molecule has 0 unspecified atom stereocenters. The summed E-state index contributed by atoms with van der Waals surface area (Å²) in [5, 5.41) is 4.51. The van der Waals surface area contributed by atoms with Gasteiger partial charge in [-0.25, -0.2) is 8.91 Å². The van der Waals surface area contributed by atoms with Crippen molar-refractivity contribution < 1.29 is 9.13 Å². The minimum absolute atomic E-state index is 0.209. The van der Waals surface area contributed by atoms with E-state index < -0.39 is 5.60 Å². The first kappa shape index (κ1) is 24.2. The van der Waals surface area contributed by atoms with Gasteiger partial charge in [-0.05, 0) is 57.0 Å². The number of likely N-dealkylation sites (N-methyl/N-ethyl adjacent to an activating group) is 1. The predicted molar refractivity (Wildman–Crippen MR) is 140 cm³/mol. The van der Waals surface area contributed by atoms with Crippen LogP contribution in [0.25, 0.3) is 16.6 Å². The molecule has 0 aliphatic carbocycles. The summed E-state index contributed by atoms with van der Waals surface area (Å²) in [6.45, 7) is 13.8. The molecule has 35 heavy (non-hydrogen) atoms. The molecule has 0 spiro atoms. The lowest BCUT2D eigenvalue weighted by Gasteiger charge is -2.42. The van der Waals surface area contributed by atoms with E-state index >= 15 is 4.39 Å². The molecule has 2 aliphatic rings. The molecule has 0 atom stereocenters. The molecule has 2 aliphatic heterocycles. The van der Waals surface area contributed by atoms with Gasteiger partial charge in [-0.1, -0.05) is 19.1 Å². The van der Waals surface area contributed by atoms with Crippen molar-refractivity contribution in [3.63, 3.8) is 0 Å². The van der Waals surface area contributed by atoms with Crippen LogP contribution in [0.1, 0.15) is 39.2 Å². The average Bonchev–Trinajstić information content (AvgIpc) is 3.33. The van der Waals surface area contributed by atoms with E-state index in [1.807, 2.05) is 29.0 Å². The molecular weight excluding hydrogens is 441 g/mol. The van der Waals surface area contributed by atoms with Gasteiger partial charge in [-0.3, -0.25) is 0 Å². The molecule has 0 bridgehead atoms. The summed E-state index contributed by atoms with van der Waals surface area (Å²) in [4.78, 5) is 7.34. The molecule has 2 fully saturated rings. The fourth-order valence-corrected chi connectivity index (χ4v) is 5.76. The summed E-state index contributed by atoms with van der Waals surface area (Å²) < 4.78 is 23.5. The molecule has 4 heterocycles. The third-order valence-corrected chi connectivity index (χ3v) is 8.18. The number of methoxy groups -OCH3 is 1. The van der Waals surface area contributed by atoms with Crippen LogP contribution in [0.15, 0.2) is 42.7 Å². The first-order valence-electron chi connectivity index (χ1n) is 13.0. The van der Waals surface area contributed by atoms with Crippen LogP contribution in [0.4, 0.5) is 10.1 Å². The molecule has 2 saturated heterocycles. The maximum absolute atomic E-state index is 15.6. The molecular formula is C28H38FN5O. The van der Waals surface area contributed by atoms with Crippen LogP contribution in [-0.4, -0.2) is 78.4 Å². The molecule has 2 aromatic heterocycles. The van der Waals surface area contributed by atoms with Gasteiger partial charge in [0.1, 0.15) is 5.82 Å². The summed E-state index contributed by atoms with van der Waals surface area (Å²) in [5.41, 5.74) is 4.14. The van der Waals surface area contributed by atoms with E-state index in [1.165, 1.54) is 0 Å². The molecule has 188 valence electrons. The Labute approximate surface area is 208 Å². The maximum Gasteiger partial charge on any atom is 0.131 e. The van der Waals surface area contributed by atoms with E-state index in [4.69, 9.17) is 4.74 Å². The zero-order chi connectivity index (χ0) is 24.6. The van der Waals surface area contributed by atoms with Crippen LogP contribution in [0.5, 0.6) is 0 Å². The van der Waals surface area contributed by atoms with E-state index in [0.717, 1.165) is 81.0 Å². The Morgan fingerprint density at radius 3 is 2.40 bits per heavy atom. The number of ether oxygens (including phenoxy) is 1. The minimum atomic E-state index is -0.425. The van der Waals surface area contributed by atoms with Gasteiger partial charge in [0.2, 0.25) is 0 Å². The van der Waals surface area contributed by atoms with Gasteiger partial charge in [0, 0.05) is 75.9 Å². The highest BCUT2D eigenvalue weighted by Crippen LogP contribution is 2.39. The third kappa shape index (κ3) is 4.57. The van der Waals surface area contributed by atoms with E-state index in [1.54, 1.807) is 13.2 Å². The molecule has 0 saturated carbocycles. The van der Waals surface area contributed by atoms with Crippen molar-refractivity contribution in [2.24, 2.45) is 0 Å². The number of nitrogens with zero attached hydrogens (tertiary/aromatic N) is 5. The van der Waals surface area contributed by atoms with E-state index in [2.05, 4.69) is 52.7 Å². The lowest BCUT2D eigenvalue weighted by molar-refractivity contribution is -0.0671. The van der Waals surface area contributed by atoms with Crippen LogP contribution in [0.2, 0.25) is 0 Å². The van der Waals surface area contributed by atoms with Crippen molar-refractivity contribution in [3.8, 4) is 11.1 Å². The van der Waals surface area contributed by atoms with Gasteiger partial charge in [-0.2, -0.15) is 5.10 Å². The van der Waals surface area contributed by atoms with Crippen LogP contribution in [-0.2, 0) is 10.3 Å². The summed E-state index contributed by atoms with van der Waals surface area (Å²) in [6, 6.07) is 10.3. The molecule has 3 aromatic rings. The molecule has 1 aromatic carbocycles. The topological polar surface area (TPSA) is 36.3 Å². The van der Waals surface area contributed by atoms with Crippen LogP contribution < -0.4 is 4.90 Å². The van der Waals surface area contributed by atoms with E-state index in [9.17, 15) is 0 Å². The maximum atomic E-state index is 15.6. The van der Waals surface area contributed by atoms with Crippen LogP contribution in [0.3, 0.4) is 0 Å². The SMILES string of the molecule is CCN1CCN(c2ccnn3cc(-c4ccc(C5(OC)CCN(C(C)C)CC5)cc4F)cc23)CC1. The Bertz CT molecular complexity index is 1160. The van der Waals surface area contributed by atoms with Gasteiger partial charge in [0.25, 0.3) is 0 Å². The number of rotatable bonds is 6. The van der Waals surface area contributed by atoms with Gasteiger partial charge in [0.15, 0.2) is 0 Å². The van der Waals surface area contributed by atoms with Gasteiger partial charge in [0.05, 0.1) is 16.8 Å². The van der Waals surface area contributed by atoms with Crippen LogP contribution in [0, 0.1) is 5.82 Å². The number of halogens is 1. The highest BCUT2D eigenvalue weighted by Gasteiger charge is 2.37. The van der Waals surface area contributed by atoms with Crippen molar-refractivity contribution in [2.75, 3.05) is 57.8 Å². The van der Waals surface area contributed by atoms with Gasteiger partial charge in [-0.15, -0.1) is 0 Å². The Morgan fingerprint density at radius 2 is 1.77 bits per heavy atom. The number of anilines is 1. The first-order valence-corrected chi connectivity index (χ1v) is 13.0. The number of fused-ring (bicyclic) bond motifs is 1. The fourth-order valence-electron chi connectivity index (χ4n) is 5.76. The monoisotopic (exact) mass is 479 g/mol. The Morgan fingerprint density at radius 1 is 1.03 bits per heavy atom. The number of likely N-dealkylation sites (tertiary alicyclic amines) is 1. The second-order valence-electron chi connectivity index (χ2n) is 10.2. The van der Waals surface area contributed by atoms with Gasteiger partial charge >= 0.3 is 0 Å². The Balaban J connectivity index is 1.42. The summed E-state index contributed by atoms with van der Waals surface area (Å²) in [5.74, 6) is -0.209. The highest BCUT2D eigenvalue weighted by molar-refractivity contribution is 5.80. The number of hydrogen-bond donors (Lipinski definition) is 0. The largest absolute Gasteiger partial charge is 0.373 e. The van der Waals surface area contributed by atoms with Crippen molar-refractivity contribution in [2.45, 2.75) is 45.3 Å². The number of piperazine rings is 1. The van der Waals surface area contributed by atoms with Gasteiger partial charge < -0.3 is 19.4 Å². The van der Waals surface area contributed by atoms with Crippen LogP contribution >= 0.6 is 0 Å². The Kier molecular flexibility index (Phi) is 6.84. The summed E-state index contributed by atoms with van der Waals surface area (Å²) in [6.07, 6.45) is 5.51. The highest BCUT2D eigenvalue weighted by atomic mass is 19.1. The molecule has 0 radical (unpaired) electrons. The third-order valence-electron chi connectivity index (χ3n) is 8.18. The first-order chi connectivity index (χ1) is 16.9. The zero-order valence-corrected chi connectivity index (χ0v) is 21.5.